The molecule has 0 saturated heterocycles. The molecule has 1 aromatic heterocycles. The fourth-order valence-corrected chi connectivity index (χ4v) is 4.04. The quantitative estimate of drug-likeness (QED) is 0.377. The molecule has 1 heterocycles. The SMILES string of the molecule is C=c1[nH]n(-c2ccc(S(=O)(=O)[O-])cc2)c(=O)/c1=C/c1ccc(OCCc2ccccc2)c(OC)c1. The second kappa shape index (κ2) is 10.0. The van der Waals surface area contributed by atoms with Gasteiger partial charge in [0, 0.05) is 6.42 Å². The molecule has 35 heavy (non-hydrogen) atoms. The number of methoxy groups -OCH3 is 1. The molecule has 0 aliphatic heterocycles. The second-order valence-corrected chi connectivity index (χ2v) is 9.11. The average Bonchev–Trinajstić information content (AvgIpc) is 3.13. The lowest BCUT2D eigenvalue weighted by molar-refractivity contribution is 0.297. The highest BCUT2D eigenvalue weighted by Crippen LogP contribution is 2.28. The fourth-order valence-electron chi connectivity index (χ4n) is 3.57. The van der Waals surface area contributed by atoms with Gasteiger partial charge in [-0.1, -0.05) is 43.0 Å². The Morgan fingerprint density at radius 3 is 2.40 bits per heavy atom. The summed E-state index contributed by atoms with van der Waals surface area (Å²) in [6.07, 6.45) is 2.43. The molecule has 180 valence electrons. The van der Waals surface area contributed by atoms with Gasteiger partial charge < -0.3 is 14.0 Å². The highest BCUT2D eigenvalue weighted by molar-refractivity contribution is 7.85. The van der Waals surface area contributed by atoms with Gasteiger partial charge in [-0.2, -0.15) is 0 Å². The van der Waals surface area contributed by atoms with E-state index in [1.54, 1.807) is 25.3 Å². The Morgan fingerprint density at radius 1 is 1.03 bits per heavy atom. The lowest BCUT2D eigenvalue weighted by atomic mass is 10.1. The van der Waals surface area contributed by atoms with E-state index < -0.39 is 10.1 Å². The standard InChI is InChI=1S/C26H24N2O6S/c1-18-23(26(29)28(27-18)21-9-11-22(12-10-21)35(30,31)32)16-20-8-13-24(25(17-20)33-2)34-15-14-19-6-4-3-5-7-19/h3-13,16-17,27H,1,14-15H2,2H3,(H,30,31,32)/p-1/b23-16+. The topological polar surface area (TPSA) is 113 Å². The Balaban J connectivity index is 1.59. The van der Waals surface area contributed by atoms with E-state index in [9.17, 15) is 17.8 Å². The summed E-state index contributed by atoms with van der Waals surface area (Å²) < 4.78 is 46.0. The Morgan fingerprint density at radius 2 is 1.74 bits per heavy atom. The molecular formula is C26H23N2O6S-. The van der Waals surface area contributed by atoms with Crippen LogP contribution in [0.25, 0.3) is 18.3 Å². The number of nitrogens with zero attached hydrogens (tertiary/aromatic N) is 1. The van der Waals surface area contributed by atoms with Crippen molar-refractivity contribution in [3.63, 3.8) is 0 Å². The Bertz CT molecular complexity index is 1610. The van der Waals surface area contributed by atoms with E-state index in [-0.39, 0.29) is 10.5 Å². The predicted molar refractivity (Wildman–Crippen MR) is 131 cm³/mol. The molecule has 3 aromatic carbocycles. The van der Waals surface area contributed by atoms with Crippen LogP contribution in [0.5, 0.6) is 11.5 Å². The van der Waals surface area contributed by atoms with E-state index in [0.29, 0.717) is 39.9 Å². The normalized spacial score (nSPS) is 12.0. The molecule has 1 N–H and O–H groups in total. The van der Waals surface area contributed by atoms with Gasteiger partial charge in [-0.3, -0.25) is 9.89 Å². The van der Waals surface area contributed by atoms with Crippen LogP contribution in [0.3, 0.4) is 0 Å². The zero-order valence-electron chi connectivity index (χ0n) is 18.9. The molecule has 0 aliphatic carbocycles. The number of nitrogens with one attached hydrogen (secondary N) is 1. The first-order valence-corrected chi connectivity index (χ1v) is 12.1. The molecule has 0 spiro atoms. The summed E-state index contributed by atoms with van der Waals surface area (Å²) in [6.45, 7) is 4.39. The highest BCUT2D eigenvalue weighted by Gasteiger charge is 2.09. The van der Waals surface area contributed by atoms with Crippen molar-refractivity contribution in [1.82, 2.24) is 9.78 Å². The second-order valence-electron chi connectivity index (χ2n) is 7.73. The molecule has 0 radical (unpaired) electrons. The number of benzene rings is 3. The minimum Gasteiger partial charge on any atom is -0.744 e. The van der Waals surface area contributed by atoms with Crippen LogP contribution in [0, 0.1) is 0 Å². The molecular weight excluding hydrogens is 468 g/mol. The molecule has 0 aliphatic rings. The maximum Gasteiger partial charge on any atom is 0.279 e. The van der Waals surface area contributed by atoms with Gasteiger partial charge in [-0.15, -0.1) is 0 Å². The number of aromatic nitrogens is 2. The molecule has 8 nitrogen and oxygen atoms in total. The molecule has 0 unspecified atom stereocenters. The van der Waals surface area contributed by atoms with Gasteiger partial charge in [-0.25, -0.2) is 13.1 Å². The van der Waals surface area contributed by atoms with E-state index >= 15 is 0 Å². The molecule has 0 amide bonds. The van der Waals surface area contributed by atoms with Crippen LogP contribution in [0.15, 0.2) is 82.5 Å². The summed E-state index contributed by atoms with van der Waals surface area (Å²) >= 11 is 0. The van der Waals surface area contributed by atoms with Crippen molar-refractivity contribution in [3.05, 3.63) is 105 Å². The van der Waals surface area contributed by atoms with Crippen molar-refractivity contribution >= 4 is 22.8 Å². The van der Waals surface area contributed by atoms with E-state index in [1.165, 1.54) is 22.4 Å². The molecule has 0 saturated carbocycles. The summed E-state index contributed by atoms with van der Waals surface area (Å²) in [7, 11) is -3.03. The van der Waals surface area contributed by atoms with E-state index in [0.717, 1.165) is 18.6 Å². The summed E-state index contributed by atoms with van der Waals surface area (Å²) in [5.41, 5.74) is 1.87. The zero-order chi connectivity index (χ0) is 25.0. The summed E-state index contributed by atoms with van der Waals surface area (Å²) in [5, 5.41) is 3.57. The minimum atomic E-state index is -4.57. The van der Waals surface area contributed by atoms with Crippen molar-refractivity contribution in [3.8, 4) is 17.2 Å². The molecule has 4 rings (SSSR count). The molecule has 9 heteroatoms. The van der Waals surface area contributed by atoms with Crippen molar-refractivity contribution in [2.24, 2.45) is 0 Å². The van der Waals surface area contributed by atoms with Crippen molar-refractivity contribution in [2.45, 2.75) is 11.3 Å². The van der Waals surface area contributed by atoms with Crippen LogP contribution in [-0.4, -0.2) is 36.5 Å². The lowest BCUT2D eigenvalue weighted by Gasteiger charge is -2.11. The van der Waals surface area contributed by atoms with Crippen molar-refractivity contribution in [2.75, 3.05) is 13.7 Å². The maximum atomic E-state index is 13.0. The van der Waals surface area contributed by atoms with Crippen LogP contribution in [0.1, 0.15) is 11.1 Å². The van der Waals surface area contributed by atoms with Crippen LogP contribution in [0.2, 0.25) is 0 Å². The number of hydrogen-bond acceptors (Lipinski definition) is 6. The average molecular weight is 492 g/mol. The van der Waals surface area contributed by atoms with Gasteiger partial charge >= 0.3 is 0 Å². The largest absolute Gasteiger partial charge is 0.744 e. The molecule has 0 fully saturated rings. The van der Waals surface area contributed by atoms with E-state index in [1.807, 2.05) is 36.4 Å². The minimum absolute atomic E-state index is 0.324. The van der Waals surface area contributed by atoms with Gasteiger partial charge in [0.1, 0.15) is 10.1 Å². The third kappa shape index (κ3) is 5.53. The predicted octanol–water partition coefficient (Wildman–Crippen LogP) is 1.94. The zero-order valence-corrected chi connectivity index (χ0v) is 19.7. The number of H-pyrrole nitrogens is 1. The summed E-state index contributed by atoms with van der Waals surface area (Å²) in [4.78, 5) is 12.6. The Labute approximate surface area is 202 Å². The van der Waals surface area contributed by atoms with E-state index in [2.05, 4.69) is 11.7 Å². The lowest BCUT2D eigenvalue weighted by Crippen LogP contribution is -2.33. The number of rotatable bonds is 8. The maximum absolute atomic E-state index is 13.0. The van der Waals surface area contributed by atoms with Crippen molar-refractivity contribution in [1.29, 1.82) is 0 Å². The van der Waals surface area contributed by atoms with Crippen LogP contribution in [-0.2, 0) is 16.5 Å². The van der Waals surface area contributed by atoms with Crippen LogP contribution < -0.4 is 25.6 Å². The third-order valence-corrected chi connectivity index (χ3v) is 6.23. The first-order valence-electron chi connectivity index (χ1n) is 10.7. The van der Waals surface area contributed by atoms with Gasteiger partial charge in [-0.05, 0) is 53.6 Å². The molecule has 0 bridgehead atoms. The fraction of sp³-hybridized carbons (Fsp3) is 0.115. The number of ether oxygens (including phenoxy) is 2. The number of hydrogen-bond donors (Lipinski definition) is 1. The highest BCUT2D eigenvalue weighted by atomic mass is 32.2. The Hall–Kier alpha value is -4.08. The van der Waals surface area contributed by atoms with Gasteiger partial charge in [0.15, 0.2) is 11.5 Å². The van der Waals surface area contributed by atoms with Gasteiger partial charge in [0.2, 0.25) is 0 Å². The van der Waals surface area contributed by atoms with Crippen molar-refractivity contribution < 1.29 is 22.4 Å². The molecule has 4 aromatic rings. The summed E-state index contributed by atoms with van der Waals surface area (Å²) in [5.74, 6) is 1.12. The molecule has 0 atom stereocenters. The third-order valence-electron chi connectivity index (χ3n) is 5.38. The van der Waals surface area contributed by atoms with Crippen LogP contribution in [0.4, 0.5) is 0 Å². The Kier molecular flexibility index (Phi) is 6.90. The van der Waals surface area contributed by atoms with E-state index in [4.69, 9.17) is 9.47 Å². The van der Waals surface area contributed by atoms with Gasteiger partial charge in [0.25, 0.3) is 5.56 Å². The van der Waals surface area contributed by atoms with Gasteiger partial charge in [0.05, 0.1) is 34.9 Å². The first-order chi connectivity index (χ1) is 16.8. The number of aromatic amines is 1. The smallest absolute Gasteiger partial charge is 0.279 e. The first kappa shape index (κ1) is 24.1. The summed E-state index contributed by atoms with van der Waals surface area (Å²) in [6, 6.07) is 20.4. The van der Waals surface area contributed by atoms with Crippen LogP contribution >= 0.6 is 0 Å². The monoisotopic (exact) mass is 491 g/mol.